The number of methoxy groups -OCH3 is 1. The molecule has 27 heavy (non-hydrogen) atoms. The second-order valence-electron chi connectivity index (χ2n) is 6.32. The molecule has 138 valence electrons. The van der Waals surface area contributed by atoms with Gasteiger partial charge in [0.15, 0.2) is 0 Å². The zero-order valence-corrected chi connectivity index (χ0v) is 16.4. The number of thiazole rings is 1. The van der Waals surface area contributed by atoms with Gasteiger partial charge in [-0.15, -0.1) is 11.3 Å². The van der Waals surface area contributed by atoms with E-state index in [1.54, 1.807) is 23.0 Å². The maximum absolute atomic E-state index is 5.23. The van der Waals surface area contributed by atoms with Gasteiger partial charge >= 0.3 is 0 Å². The van der Waals surface area contributed by atoms with Crippen LogP contribution < -0.4 is 10.1 Å². The van der Waals surface area contributed by atoms with Gasteiger partial charge in [-0.3, -0.25) is 0 Å². The molecule has 1 unspecified atom stereocenters. The van der Waals surface area contributed by atoms with E-state index in [0.29, 0.717) is 5.78 Å². The number of aromatic nitrogens is 5. The van der Waals surface area contributed by atoms with Crippen molar-refractivity contribution in [2.75, 3.05) is 12.4 Å². The number of hydrogen-bond acceptors (Lipinski definition) is 7. The summed E-state index contributed by atoms with van der Waals surface area (Å²) >= 11 is 1.69. The van der Waals surface area contributed by atoms with Crippen LogP contribution in [0, 0.1) is 13.8 Å². The van der Waals surface area contributed by atoms with Crippen LogP contribution in [0.1, 0.15) is 29.2 Å². The lowest BCUT2D eigenvalue weighted by Gasteiger charge is -2.15. The van der Waals surface area contributed by atoms with E-state index < -0.39 is 0 Å². The molecule has 1 atom stereocenters. The predicted octanol–water partition coefficient (Wildman–Crippen LogP) is 4.05. The van der Waals surface area contributed by atoms with Crippen LogP contribution in [0.5, 0.6) is 5.75 Å². The Morgan fingerprint density at radius 3 is 2.67 bits per heavy atom. The Kier molecular flexibility index (Phi) is 4.49. The standard InChI is InChI=1S/C19H20N6OS/c1-11-9-16(25-19(22-11)20-10-21-25)23-12(2)17-13(3)24-18(27-17)14-5-7-15(26-4)8-6-14/h5-10,12,23H,1-4H3. The van der Waals surface area contributed by atoms with Crippen LogP contribution in [0.4, 0.5) is 5.82 Å². The molecule has 1 N–H and O–H groups in total. The Bertz CT molecular complexity index is 1090. The summed E-state index contributed by atoms with van der Waals surface area (Å²) in [5.41, 5.74) is 3.00. The number of anilines is 1. The van der Waals surface area contributed by atoms with E-state index in [-0.39, 0.29) is 6.04 Å². The number of benzene rings is 1. The SMILES string of the molecule is COc1ccc(-c2nc(C)c(C(C)Nc3cc(C)nc4ncnn34)s2)cc1. The molecular formula is C19H20N6OS. The Hall–Kier alpha value is -3.00. The van der Waals surface area contributed by atoms with Crippen LogP contribution in [0.25, 0.3) is 16.3 Å². The van der Waals surface area contributed by atoms with Crippen LogP contribution in [0.3, 0.4) is 0 Å². The van der Waals surface area contributed by atoms with E-state index in [1.165, 1.54) is 11.2 Å². The van der Waals surface area contributed by atoms with Gasteiger partial charge in [0, 0.05) is 22.2 Å². The molecule has 7 nitrogen and oxygen atoms in total. The molecule has 3 heterocycles. The molecule has 0 aliphatic carbocycles. The number of nitrogens with one attached hydrogen (secondary N) is 1. The van der Waals surface area contributed by atoms with Crippen LogP contribution in [-0.4, -0.2) is 31.7 Å². The van der Waals surface area contributed by atoms with Crippen LogP contribution in [-0.2, 0) is 0 Å². The third-order valence-corrected chi connectivity index (χ3v) is 5.70. The average molecular weight is 380 g/mol. The van der Waals surface area contributed by atoms with Crippen molar-refractivity contribution in [1.82, 2.24) is 24.6 Å². The fourth-order valence-corrected chi connectivity index (χ4v) is 4.06. The molecule has 4 aromatic rings. The summed E-state index contributed by atoms with van der Waals surface area (Å²) in [6.07, 6.45) is 1.51. The van der Waals surface area contributed by atoms with Crippen LogP contribution >= 0.6 is 11.3 Å². The quantitative estimate of drug-likeness (QED) is 0.563. The monoisotopic (exact) mass is 380 g/mol. The first-order chi connectivity index (χ1) is 13.0. The van der Waals surface area contributed by atoms with Gasteiger partial charge in [-0.1, -0.05) is 0 Å². The molecule has 0 bridgehead atoms. The molecule has 0 fully saturated rings. The largest absolute Gasteiger partial charge is 0.497 e. The number of nitrogens with zero attached hydrogens (tertiary/aromatic N) is 5. The Morgan fingerprint density at radius 1 is 1.15 bits per heavy atom. The molecule has 1 aromatic carbocycles. The van der Waals surface area contributed by atoms with Crippen LogP contribution in [0.2, 0.25) is 0 Å². The zero-order valence-electron chi connectivity index (χ0n) is 15.6. The number of aryl methyl sites for hydroxylation is 2. The van der Waals surface area contributed by atoms with Crippen molar-refractivity contribution in [3.8, 4) is 16.3 Å². The summed E-state index contributed by atoms with van der Waals surface area (Å²) in [4.78, 5) is 14.5. The molecule has 0 amide bonds. The second kappa shape index (κ2) is 6.96. The van der Waals surface area contributed by atoms with Gasteiger partial charge in [-0.25, -0.2) is 9.97 Å². The summed E-state index contributed by atoms with van der Waals surface area (Å²) < 4.78 is 6.94. The van der Waals surface area contributed by atoms with Crippen molar-refractivity contribution < 1.29 is 4.74 Å². The fraction of sp³-hybridized carbons (Fsp3) is 0.263. The molecule has 3 aromatic heterocycles. The van der Waals surface area contributed by atoms with E-state index in [9.17, 15) is 0 Å². The molecule has 0 saturated heterocycles. The maximum atomic E-state index is 5.23. The van der Waals surface area contributed by atoms with Crippen molar-refractivity contribution in [2.45, 2.75) is 26.8 Å². The van der Waals surface area contributed by atoms with Gasteiger partial charge in [-0.2, -0.15) is 14.6 Å². The Balaban J connectivity index is 1.62. The molecule has 8 heteroatoms. The van der Waals surface area contributed by atoms with E-state index in [1.807, 2.05) is 44.2 Å². The highest BCUT2D eigenvalue weighted by atomic mass is 32.1. The van der Waals surface area contributed by atoms with Gasteiger partial charge in [0.1, 0.15) is 22.9 Å². The Morgan fingerprint density at radius 2 is 1.93 bits per heavy atom. The second-order valence-corrected chi connectivity index (χ2v) is 7.35. The van der Waals surface area contributed by atoms with Crippen LogP contribution in [0.15, 0.2) is 36.7 Å². The lowest BCUT2D eigenvalue weighted by Crippen LogP contribution is -2.11. The van der Waals surface area contributed by atoms with E-state index in [4.69, 9.17) is 9.72 Å². The average Bonchev–Trinajstić information content (AvgIpc) is 3.28. The minimum atomic E-state index is 0.0729. The summed E-state index contributed by atoms with van der Waals surface area (Å²) in [7, 11) is 1.67. The smallest absolute Gasteiger partial charge is 0.254 e. The summed E-state index contributed by atoms with van der Waals surface area (Å²) in [5, 5.41) is 8.77. The highest BCUT2D eigenvalue weighted by molar-refractivity contribution is 7.15. The third kappa shape index (κ3) is 3.35. The van der Waals surface area contributed by atoms with Crippen molar-refractivity contribution >= 4 is 22.9 Å². The molecule has 0 saturated carbocycles. The van der Waals surface area contributed by atoms with Gasteiger partial charge in [0.05, 0.1) is 18.8 Å². The lowest BCUT2D eigenvalue weighted by molar-refractivity contribution is 0.415. The first kappa shape index (κ1) is 17.4. The molecule has 0 radical (unpaired) electrons. The summed E-state index contributed by atoms with van der Waals surface area (Å²) in [6.45, 7) is 6.11. The molecular weight excluding hydrogens is 360 g/mol. The highest BCUT2D eigenvalue weighted by Crippen LogP contribution is 2.33. The van der Waals surface area contributed by atoms with Gasteiger partial charge in [-0.05, 0) is 45.0 Å². The first-order valence-corrected chi connectivity index (χ1v) is 9.42. The van der Waals surface area contributed by atoms with Crippen molar-refractivity contribution in [3.05, 3.63) is 52.9 Å². The van der Waals surface area contributed by atoms with E-state index in [0.717, 1.165) is 33.5 Å². The highest BCUT2D eigenvalue weighted by Gasteiger charge is 2.17. The first-order valence-electron chi connectivity index (χ1n) is 8.61. The minimum Gasteiger partial charge on any atom is -0.497 e. The van der Waals surface area contributed by atoms with Gasteiger partial charge in [0.25, 0.3) is 5.78 Å². The number of hydrogen-bond donors (Lipinski definition) is 1. The fourth-order valence-electron chi connectivity index (χ4n) is 2.99. The van der Waals surface area contributed by atoms with E-state index >= 15 is 0 Å². The minimum absolute atomic E-state index is 0.0729. The maximum Gasteiger partial charge on any atom is 0.254 e. The van der Waals surface area contributed by atoms with Crippen molar-refractivity contribution in [2.24, 2.45) is 0 Å². The molecule has 0 aliphatic heterocycles. The van der Waals surface area contributed by atoms with Crippen molar-refractivity contribution in [3.63, 3.8) is 0 Å². The van der Waals surface area contributed by atoms with Gasteiger partial charge in [0.2, 0.25) is 0 Å². The van der Waals surface area contributed by atoms with Crippen molar-refractivity contribution in [1.29, 1.82) is 0 Å². The number of ether oxygens (including phenoxy) is 1. The topological polar surface area (TPSA) is 77.2 Å². The normalized spacial score (nSPS) is 12.3. The van der Waals surface area contributed by atoms with Gasteiger partial charge < -0.3 is 10.1 Å². The zero-order chi connectivity index (χ0) is 19.0. The Labute approximate surface area is 161 Å². The summed E-state index contributed by atoms with van der Waals surface area (Å²) in [5.74, 6) is 2.29. The number of rotatable bonds is 5. The lowest BCUT2D eigenvalue weighted by atomic mass is 10.2. The molecule has 0 spiro atoms. The molecule has 4 rings (SSSR count). The predicted molar refractivity (Wildman–Crippen MR) is 106 cm³/mol. The summed E-state index contributed by atoms with van der Waals surface area (Å²) in [6, 6.07) is 10.0. The molecule has 0 aliphatic rings. The third-order valence-electron chi connectivity index (χ3n) is 4.31. The number of fused-ring (bicyclic) bond motifs is 1. The van der Waals surface area contributed by atoms with E-state index in [2.05, 4.69) is 27.3 Å².